The molecule has 1 fully saturated rings. The van der Waals surface area contributed by atoms with E-state index in [1.807, 2.05) is 60.7 Å². The van der Waals surface area contributed by atoms with Crippen LogP contribution in [-0.4, -0.2) is 47.6 Å². The number of alkyl halides is 3. The van der Waals surface area contributed by atoms with Gasteiger partial charge in [-0.1, -0.05) is 71.9 Å². The van der Waals surface area contributed by atoms with Gasteiger partial charge in [-0.05, 0) is 66.5 Å². The molecule has 1 saturated heterocycles. The zero-order chi connectivity index (χ0) is 27.1. The maximum Gasteiger partial charge on any atom is 0.389 e. The lowest BCUT2D eigenvalue weighted by Gasteiger charge is -2.30. The second-order valence-electron chi connectivity index (χ2n) is 10.1. The molecule has 2 aliphatic rings. The van der Waals surface area contributed by atoms with Crippen molar-refractivity contribution in [3.05, 3.63) is 89.0 Å². The summed E-state index contributed by atoms with van der Waals surface area (Å²) in [6.07, 6.45) is 0.329. The normalized spacial score (nSPS) is 21.0. The number of rotatable bonds is 9. The van der Waals surface area contributed by atoms with Gasteiger partial charge in [0.15, 0.2) is 0 Å². The number of hydrogen-bond acceptors (Lipinski definition) is 4. The second-order valence-corrected chi connectivity index (χ2v) is 10.1. The summed E-state index contributed by atoms with van der Waals surface area (Å²) in [4.78, 5) is 19.0. The molecule has 0 saturated carbocycles. The van der Waals surface area contributed by atoms with Crippen LogP contribution in [0, 0.1) is 11.8 Å². The third-order valence-corrected chi connectivity index (χ3v) is 7.18. The number of halogens is 3. The van der Waals surface area contributed by atoms with Gasteiger partial charge in [-0.15, -0.1) is 0 Å². The van der Waals surface area contributed by atoms with E-state index in [0.29, 0.717) is 30.8 Å². The molecule has 1 aliphatic carbocycles. The lowest BCUT2D eigenvalue weighted by molar-refractivity contribution is -0.144. The fraction of sp³-hybridized carbons (Fsp3) is 0.400. The van der Waals surface area contributed by atoms with Gasteiger partial charge in [0.05, 0.1) is 18.1 Å². The number of likely N-dealkylation sites (tertiary alicyclic amines) is 1. The van der Waals surface area contributed by atoms with E-state index in [1.165, 1.54) is 0 Å². The molecule has 1 heterocycles. The van der Waals surface area contributed by atoms with Gasteiger partial charge < -0.3 is 9.94 Å². The molecule has 4 rings (SSSR count). The summed E-state index contributed by atoms with van der Waals surface area (Å²) >= 11 is 0. The molecule has 0 aromatic heterocycles. The number of oxime groups is 1. The fourth-order valence-electron chi connectivity index (χ4n) is 5.09. The van der Waals surface area contributed by atoms with Crippen molar-refractivity contribution >= 4 is 17.3 Å². The summed E-state index contributed by atoms with van der Waals surface area (Å²) in [7, 11) is 0. The standard InChI is InChI=1S/C30H33F3N2O3/c1-21(23-11-9-22(10-12-23)18-35-15-5-8-26(19-35)29(36)37)34-38-20-27-14-13-25(24-6-3-2-4-7-24)16-28(27)17-30(31,32)33/h2-4,6-7,9-14,26,28H,5,8,15-20H2,1H3,(H,36,37)/b34-21+. The van der Waals surface area contributed by atoms with Crippen molar-refractivity contribution in [3.63, 3.8) is 0 Å². The molecule has 1 aliphatic heterocycles. The predicted octanol–water partition coefficient (Wildman–Crippen LogP) is 6.71. The Bertz CT molecular complexity index is 1190. The Hall–Kier alpha value is -3.39. The first-order chi connectivity index (χ1) is 18.2. The number of allylic oxidation sites excluding steroid dienone is 3. The number of nitrogens with zero attached hydrogens (tertiary/aromatic N) is 2. The highest BCUT2D eigenvalue weighted by Gasteiger charge is 2.35. The highest BCUT2D eigenvalue weighted by atomic mass is 19.4. The largest absolute Gasteiger partial charge is 0.481 e. The highest BCUT2D eigenvalue weighted by molar-refractivity contribution is 5.98. The minimum atomic E-state index is -4.27. The lowest BCUT2D eigenvalue weighted by Crippen LogP contribution is -2.38. The Morgan fingerprint density at radius 1 is 1.11 bits per heavy atom. The predicted molar refractivity (Wildman–Crippen MR) is 142 cm³/mol. The van der Waals surface area contributed by atoms with E-state index >= 15 is 0 Å². The van der Waals surface area contributed by atoms with Crippen LogP contribution in [0.25, 0.3) is 5.57 Å². The van der Waals surface area contributed by atoms with E-state index in [1.54, 1.807) is 13.0 Å². The van der Waals surface area contributed by atoms with Crippen LogP contribution >= 0.6 is 0 Å². The number of piperidine rings is 1. The van der Waals surface area contributed by atoms with Crippen LogP contribution in [0.4, 0.5) is 13.2 Å². The highest BCUT2D eigenvalue weighted by Crippen LogP contribution is 2.38. The second kappa shape index (κ2) is 12.4. The molecule has 38 heavy (non-hydrogen) atoms. The van der Waals surface area contributed by atoms with Gasteiger partial charge in [0.25, 0.3) is 0 Å². The number of benzene rings is 2. The molecular formula is C30H33F3N2O3. The third kappa shape index (κ3) is 7.81. The van der Waals surface area contributed by atoms with Crippen molar-refractivity contribution in [1.29, 1.82) is 0 Å². The Kier molecular flexibility index (Phi) is 9.05. The van der Waals surface area contributed by atoms with Crippen LogP contribution in [0.1, 0.15) is 49.3 Å². The van der Waals surface area contributed by atoms with Gasteiger partial charge >= 0.3 is 12.1 Å². The molecule has 2 aromatic carbocycles. The molecule has 1 N–H and O–H groups in total. The molecule has 202 valence electrons. The van der Waals surface area contributed by atoms with Crippen molar-refractivity contribution < 1.29 is 27.9 Å². The summed E-state index contributed by atoms with van der Waals surface area (Å²) in [6.45, 7) is 3.91. The zero-order valence-electron chi connectivity index (χ0n) is 21.5. The molecule has 8 heteroatoms. The van der Waals surface area contributed by atoms with Crippen LogP contribution < -0.4 is 0 Å². The molecule has 0 amide bonds. The molecule has 0 spiro atoms. The Labute approximate surface area is 221 Å². The maximum absolute atomic E-state index is 13.3. The first kappa shape index (κ1) is 27.6. The molecule has 0 radical (unpaired) electrons. The van der Waals surface area contributed by atoms with Gasteiger partial charge in [-0.25, -0.2) is 0 Å². The van der Waals surface area contributed by atoms with E-state index in [4.69, 9.17) is 4.84 Å². The van der Waals surface area contributed by atoms with Crippen molar-refractivity contribution in [2.45, 2.75) is 45.3 Å². The summed E-state index contributed by atoms with van der Waals surface area (Å²) in [5, 5.41) is 13.5. The minimum Gasteiger partial charge on any atom is -0.481 e. The summed E-state index contributed by atoms with van der Waals surface area (Å²) in [6, 6.07) is 17.3. The Balaban J connectivity index is 1.36. The van der Waals surface area contributed by atoms with Crippen molar-refractivity contribution in [2.24, 2.45) is 17.0 Å². The van der Waals surface area contributed by atoms with Gasteiger partial charge in [0, 0.05) is 13.1 Å². The monoisotopic (exact) mass is 526 g/mol. The smallest absolute Gasteiger partial charge is 0.389 e. The zero-order valence-corrected chi connectivity index (χ0v) is 21.5. The van der Waals surface area contributed by atoms with Crippen LogP contribution in [-0.2, 0) is 16.2 Å². The van der Waals surface area contributed by atoms with Crippen LogP contribution in [0.3, 0.4) is 0 Å². The number of aliphatic carboxylic acids is 1. The summed E-state index contributed by atoms with van der Waals surface area (Å²) < 4.78 is 39.9. The Morgan fingerprint density at radius 2 is 1.84 bits per heavy atom. The molecule has 5 nitrogen and oxygen atoms in total. The average Bonchev–Trinajstić information content (AvgIpc) is 2.89. The van der Waals surface area contributed by atoms with Crippen LogP contribution in [0.5, 0.6) is 0 Å². The first-order valence-corrected chi connectivity index (χ1v) is 12.9. The number of carboxylic acid groups (broad SMARTS) is 1. The number of carbonyl (C=O) groups is 1. The van der Waals surface area contributed by atoms with E-state index < -0.39 is 24.5 Å². The molecular weight excluding hydrogens is 493 g/mol. The SMILES string of the molecule is C/C(=N\OCC1=CC=C(c2ccccc2)CC1CC(F)(F)F)c1ccc(CN2CCCC(C(=O)O)C2)cc1. The fourth-order valence-corrected chi connectivity index (χ4v) is 5.09. The average molecular weight is 527 g/mol. The third-order valence-electron chi connectivity index (χ3n) is 7.18. The van der Waals surface area contributed by atoms with E-state index in [0.717, 1.165) is 41.6 Å². The summed E-state index contributed by atoms with van der Waals surface area (Å²) in [5.74, 6) is -1.75. The van der Waals surface area contributed by atoms with E-state index in [9.17, 15) is 23.1 Å². The van der Waals surface area contributed by atoms with Gasteiger partial charge in [-0.3, -0.25) is 9.69 Å². The Morgan fingerprint density at radius 3 is 2.53 bits per heavy atom. The topological polar surface area (TPSA) is 62.1 Å². The molecule has 2 unspecified atom stereocenters. The van der Waals surface area contributed by atoms with E-state index in [2.05, 4.69) is 10.1 Å². The van der Waals surface area contributed by atoms with Gasteiger partial charge in [-0.2, -0.15) is 13.2 Å². The van der Waals surface area contributed by atoms with Crippen molar-refractivity contribution in [3.8, 4) is 0 Å². The van der Waals surface area contributed by atoms with E-state index in [-0.39, 0.29) is 12.5 Å². The van der Waals surface area contributed by atoms with Crippen molar-refractivity contribution in [1.82, 2.24) is 4.90 Å². The number of hydrogen-bond donors (Lipinski definition) is 1. The first-order valence-electron chi connectivity index (χ1n) is 12.9. The van der Waals surface area contributed by atoms with Crippen LogP contribution in [0.2, 0.25) is 0 Å². The van der Waals surface area contributed by atoms with Gasteiger partial charge in [0.1, 0.15) is 6.61 Å². The van der Waals surface area contributed by atoms with Crippen LogP contribution in [0.15, 0.2) is 77.5 Å². The lowest BCUT2D eigenvalue weighted by atomic mass is 9.82. The van der Waals surface area contributed by atoms with Gasteiger partial charge in [0.2, 0.25) is 0 Å². The molecule has 2 aromatic rings. The minimum absolute atomic E-state index is 0.00551. The van der Waals surface area contributed by atoms with Crippen molar-refractivity contribution in [2.75, 3.05) is 19.7 Å². The number of carboxylic acids is 1. The molecule has 2 atom stereocenters. The quantitative estimate of drug-likeness (QED) is 0.292. The summed E-state index contributed by atoms with van der Waals surface area (Å²) in [5.41, 5.74) is 4.95. The maximum atomic E-state index is 13.3. The molecule has 0 bridgehead atoms.